The van der Waals surface area contributed by atoms with E-state index in [4.69, 9.17) is 0 Å². The average Bonchev–Trinajstić information content (AvgIpc) is 2.45. The number of aromatic amines is 1. The van der Waals surface area contributed by atoms with E-state index in [2.05, 4.69) is 15.3 Å². The van der Waals surface area contributed by atoms with Crippen molar-refractivity contribution < 1.29 is 9.18 Å². The molecule has 1 aromatic heterocycles. The lowest BCUT2D eigenvalue weighted by Crippen LogP contribution is -2.31. The Balaban J connectivity index is 2.21. The maximum absolute atomic E-state index is 13.1. The van der Waals surface area contributed by atoms with Crippen LogP contribution in [-0.2, 0) is 4.79 Å². The molecule has 1 amide bonds. The minimum Gasteiger partial charge on any atom is -0.355 e. The molecule has 2 aromatic rings. The predicted octanol–water partition coefficient (Wildman–Crippen LogP) is 2.07. The van der Waals surface area contributed by atoms with E-state index < -0.39 is 11.4 Å². The molecule has 0 aliphatic heterocycles. The summed E-state index contributed by atoms with van der Waals surface area (Å²) in [6.07, 6.45) is 0.861. The Hall–Kier alpha value is -1.89. The maximum Gasteiger partial charge on any atom is 0.259 e. The lowest BCUT2D eigenvalue weighted by atomic mass is 10.2. The Labute approximate surface area is 125 Å². The van der Waals surface area contributed by atoms with Gasteiger partial charge in [0.2, 0.25) is 5.91 Å². The molecule has 2 N–H and O–H groups in total. The number of thioether (sulfide) groups is 1. The van der Waals surface area contributed by atoms with Crippen molar-refractivity contribution in [3.63, 3.8) is 0 Å². The van der Waals surface area contributed by atoms with Crippen LogP contribution in [-0.4, -0.2) is 27.7 Å². The molecule has 0 unspecified atom stereocenters. The van der Waals surface area contributed by atoms with Crippen LogP contribution in [0.1, 0.15) is 20.3 Å². The van der Waals surface area contributed by atoms with Gasteiger partial charge in [0, 0.05) is 6.54 Å². The molecule has 1 heterocycles. The molecule has 7 heteroatoms. The Morgan fingerprint density at radius 1 is 1.52 bits per heavy atom. The first-order valence-electron chi connectivity index (χ1n) is 6.65. The van der Waals surface area contributed by atoms with E-state index in [0.717, 1.165) is 24.2 Å². The van der Waals surface area contributed by atoms with E-state index in [1.807, 2.05) is 6.92 Å². The van der Waals surface area contributed by atoms with Crippen molar-refractivity contribution in [3.8, 4) is 0 Å². The number of benzene rings is 1. The number of rotatable bonds is 5. The summed E-state index contributed by atoms with van der Waals surface area (Å²) in [4.78, 5) is 30.5. The number of carbonyl (C=O) groups excluding carboxylic acids is 1. The third kappa shape index (κ3) is 3.81. The highest BCUT2D eigenvalue weighted by atomic mass is 32.2. The number of H-pyrrole nitrogens is 1. The monoisotopic (exact) mass is 309 g/mol. The van der Waals surface area contributed by atoms with Gasteiger partial charge in [-0.05, 0) is 31.5 Å². The third-order valence-electron chi connectivity index (χ3n) is 2.85. The second kappa shape index (κ2) is 6.71. The molecule has 0 fully saturated rings. The molecule has 0 bridgehead atoms. The number of nitrogens with one attached hydrogen (secondary N) is 2. The number of hydrogen-bond acceptors (Lipinski definition) is 4. The maximum atomic E-state index is 13.1. The molecule has 0 saturated heterocycles. The van der Waals surface area contributed by atoms with Gasteiger partial charge in [0.25, 0.3) is 5.56 Å². The number of hydrogen-bond donors (Lipinski definition) is 2. The van der Waals surface area contributed by atoms with Crippen molar-refractivity contribution >= 4 is 28.6 Å². The van der Waals surface area contributed by atoms with E-state index in [0.29, 0.717) is 17.2 Å². The molecule has 0 saturated carbocycles. The van der Waals surface area contributed by atoms with Gasteiger partial charge in [0.15, 0.2) is 5.16 Å². The van der Waals surface area contributed by atoms with E-state index in [9.17, 15) is 14.0 Å². The molecule has 5 nitrogen and oxygen atoms in total. The van der Waals surface area contributed by atoms with Gasteiger partial charge in [-0.1, -0.05) is 18.7 Å². The highest BCUT2D eigenvalue weighted by molar-refractivity contribution is 8.00. The van der Waals surface area contributed by atoms with Crippen LogP contribution in [0, 0.1) is 5.82 Å². The molecule has 1 atom stereocenters. The van der Waals surface area contributed by atoms with Crippen LogP contribution in [0.15, 0.2) is 28.2 Å². The summed E-state index contributed by atoms with van der Waals surface area (Å²) >= 11 is 1.16. The fourth-order valence-electron chi connectivity index (χ4n) is 1.76. The van der Waals surface area contributed by atoms with E-state index >= 15 is 0 Å². The summed E-state index contributed by atoms with van der Waals surface area (Å²) in [7, 11) is 0. The van der Waals surface area contributed by atoms with E-state index in [1.54, 1.807) is 6.92 Å². The van der Waals surface area contributed by atoms with Crippen molar-refractivity contribution in [1.29, 1.82) is 0 Å². The summed E-state index contributed by atoms with van der Waals surface area (Å²) in [6.45, 7) is 4.33. The van der Waals surface area contributed by atoms with Gasteiger partial charge in [0.05, 0.1) is 16.2 Å². The van der Waals surface area contributed by atoms with Crippen LogP contribution in [0.5, 0.6) is 0 Å². The fourth-order valence-corrected chi connectivity index (χ4v) is 2.59. The number of halogens is 1. The van der Waals surface area contributed by atoms with Crippen molar-refractivity contribution in [3.05, 3.63) is 34.4 Å². The standard InChI is InChI=1S/C14H16FN3O2S/c1-3-6-16-12(19)8(2)21-14-17-11-5-4-9(15)7-10(11)13(20)18-14/h4-5,7-8H,3,6H2,1-2H3,(H,16,19)(H,17,18,20)/t8-/m1/s1. The molecule has 0 aliphatic carbocycles. The van der Waals surface area contributed by atoms with Crippen LogP contribution in [0.3, 0.4) is 0 Å². The summed E-state index contributed by atoms with van der Waals surface area (Å²) in [5.74, 6) is -0.591. The number of aromatic nitrogens is 2. The molecule has 21 heavy (non-hydrogen) atoms. The number of carbonyl (C=O) groups is 1. The third-order valence-corrected chi connectivity index (χ3v) is 3.84. The summed E-state index contributed by atoms with van der Waals surface area (Å²) in [6, 6.07) is 3.85. The number of amides is 1. The van der Waals surface area contributed by atoms with Gasteiger partial charge in [-0.2, -0.15) is 0 Å². The smallest absolute Gasteiger partial charge is 0.259 e. The summed E-state index contributed by atoms with van der Waals surface area (Å²) in [5, 5.41) is 2.95. The Kier molecular flexibility index (Phi) is 4.95. The fraction of sp³-hybridized carbons (Fsp3) is 0.357. The lowest BCUT2D eigenvalue weighted by Gasteiger charge is -2.10. The quantitative estimate of drug-likeness (QED) is 0.655. The van der Waals surface area contributed by atoms with Crippen LogP contribution < -0.4 is 10.9 Å². The van der Waals surface area contributed by atoms with Crippen LogP contribution in [0.4, 0.5) is 4.39 Å². The van der Waals surface area contributed by atoms with Crippen molar-refractivity contribution in [2.45, 2.75) is 30.7 Å². The molecule has 1 aromatic carbocycles. The minimum atomic E-state index is -0.484. The number of nitrogens with zero attached hydrogens (tertiary/aromatic N) is 1. The zero-order valence-electron chi connectivity index (χ0n) is 11.8. The normalized spacial score (nSPS) is 12.3. The molecule has 112 valence electrons. The van der Waals surface area contributed by atoms with E-state index in [-0.39, 0.29) is 16.5 Å². The van der Waals surface area contributed by atoms with Gasteiger partial charge in [-0.3, -0.25) is 9.59 Å². The molecular formula is C14H16FN3O2S. The predicted molar refractivity (Wildman–Crippen MR) is 80.9 cm³/mol. The first kappa shape index (κ1) is 15.5. The van der Waals surface area contributed by atoms with Crippen molar-refractivity contribution in [1.82, 2.24) is 15.3 Å². The van der Waals surface area contributed by atoms with Crippen LogP contribution in [0.2, 0.25) is 0 Å². The Morgan fingerprint density at radius 3 is 3.00 bits per heavy atom. The second-order valence-electron chi connectivity index (χ2n) is 4.58. The second-order valence-corrected chi connectivity index (χ2v) is 5.91. The Morgan fingerprint density at radius 2 is 2.29 bits per heavy atom. The highest BCUT2D eigenvalue weighted by Crippen LogP contribution is 2.20. The average molecular weight is 309 g/mol. The lowest BCUT2D eigenvalue weighted by molar-refractivity contribution is -0.120. The molecule has 2 rings (SSSR count). The zero-order valence-corrected chi connectivity index (χ0v) is 12.6. The minimum absolute atomic E-state index is 0.108. The largest absolute Gasteiger partial charge is 0.355 e. The topological polar surface area (TPSA) is 74.8 Å². The van der Waals surface area contributed by atoms with Gasteiger partial charge in [0.1, 0.15) is 5.82 Å². The van der Waals surface area contributed by atoms with Gasteiger partial charge in [-0.25, -0.2) is 9.37 Å². The first-order valence-corrected chi connectivity index (χ1v) is 7.53. The van der Waals surface area contributed by atoms with E-state index in [1.165, 1.54) is 12.1 Å². The van der Waals surface area contributed by atoms with Gasteiger partial charge >= 0.3 is 0 Å². The van der Waals surface area contributed by atoms with Crippen molar-refractivity contribution in [2.75, 3.05) is 6.54 Å². The molecule has 0 spiro atoms. The highest BCUT2D eigenvalue weighted by Gasteiger charge is 2.16. The van der Waals surface area contributed by atoms with Crippen LogP contribution in [0.25, 0.3) is 10.9 Å². The SMILES string of the molecule is CCCNC(=O)[C@@H](C)Sc1nc2ccc(F)cc2c(=O)[nH]1. The summed E-state index contributed by atoms with van der Waals surface area (Å²) < 4.78 is 13.1. The molecule has 0 radical (unpaired) electrons. The van der Waals surface area contributed by atoms with Crippen LogP contribution >= 0.6 is 11.8 Å². The van der Waals surface area contributed by atoms with Gasteiger partial charge < -0.3 is 10.3 Å². The van der Waals surface area contributed by atoms with Gasteiger partial charge in [-0.15, -0.1) is 0 Å². The zero-order chi connectivity index (χ0) is 15.4. The molecular weight excluding hydrogens is 293 g/mol. The number of fused-ring (bicyclic) bond motifs is 1. The summed E-state index contributed by atoms with van der Waals surface area (Å²) in [5.41, 5.74) is -0.00742. The molecule has 0 aliphatic rings. The Bertz CT molecular complexity index is 717. The first-order chi connectivity index (χ1) is 10.0. The van der Waals surface area contributed by atoms with Crippen molar-refractivity contribution in [2.24, 2.45) is 0 Å².